The van der Waals surface area contributed by atoms with E-state index < -0.39 is 10.0 Å². The highest BCUT2D eigenvalue weighted by Crippen LogP contribution is 2.13. The first-order valence-corrected chi connectivity index (χ1v) is 9.07. The van der Waals surface area contributed by atoms with E-state index in [1.807, 2.05) is 0 Å². The predicted octanol–water partition coefficient (Wildman–Crippen LogP) is 2.13. The first-order valence-electron chi connectivity index (χ1n) is 7.59. The van der Waals surface area contributed by atoms with Crippen LogP contribution in [0.3, 0.4) is 0 Å². The standard InChI is InChI=1S/C15H27N3O2S/c1-4-12-18(6-3)13-11-16-14-7-9-15(10-8-14)21(19,20)17-5-2/h7-10,16-17H,4-6,11-13H2,1-3H3. The van der Waals surface area contributed by atoms with Gasteiger partial charge in [0.05, 0.1) is 4.90 Å². The minimum absolute atomic E-state index is 0.302. The molecule has 6 heteroatoms. The predicted molar refractivity (Wildman–Crippen MR) is 88.2 cm³/mol. The van der Waals surface area contributed by atoms with Gasteiger partial charge in [-0.3, -0.25) is 0 Å². The lowest BCUT2D eigenvalue weighted by Crippen LogP contribution is -2.29. The molecule has 0 fully saturated rings. The third-order valence-electron chi connectivity index (χ3n) is 3.24. The molecule has 0 aliphatic carbocycles. The van der Waals surface area contributed by atoms with Crippen molar-refractivity contribution < 1.29 is 8.42 Å². The Balaban J connectivity index is 2.52. The van der Waals surface area contributed by atoms with Gasteiger partial charge < -0.3 is 10.2 Å². The highest BCUT2D eigenvalue weighted by Gasteiger charge is 2.11. The summed E-state index contributed by atoms with van der Waals surface area (Å²) in [5.41, 5.74) is 0.943. The molecule has 5 nitrogen and oxygen atoms in total. The van der Waals surface area contributed by atoms with Crippen LogP contribution >= 0.6 is 0 Å². The summed E-state index contributed by atoms with van der Waals surface area (Å²) in [4.78, 5) is 2.69. The third kappa shape index (κ3) is 6.03. The largest absolute Gasteiger partial charge is 0.384 e. The SMILES string of the molecule is CCCN(CC)CCNc1ccc(S(=O)(=O)NCC)cc1. The van der Waals surface area contributed by atoms with Gasteiger partial charge in [-0.05, 0) is 43.8 Å². The van der Waals surface area contributed by atoms with Crippen molar-refractivity contribution in [2.75, 3.05) is 38.0 Å². The number of anilines is 1. The molecule has 0 aliphatic heterocycles. The Morgan fingerprint density at radius 2 is 1.71 bits per heavy atom. The van der Waals surface area contributed by atoms with Gasteiger partial charge in [0, 0.05) is 25.3 Å². The fourth-order valence-corrected chi connectivity index (χ4v) is 3.17. The lowest BCUT2D eigenvalue weighted by atomic mass is 10.3. The third-order valence-corrected chi connectivity index (χ3v) is 4.80. The molecule has 2 N–H and O–H groups in total. The van der Waals surface area contributed by atoms with Gasteiger partial charge in [-0.15, -0.1) is 0 Å². The second kappa shape index (κ2) is 9.02. The van der Waals surface area contributed by atoms with Crippen LogP contribution < -0.4 is 10.0 Å². The first-order chi connectivity index (χ1) is 10.0. The van der Waals surface area contributed by atoms with Crippen LogP contribution in [0.4, 0.5) is 5.69 Å². The van der Waals surface area contributed by atoms with Gasteiger partial charge in [0.1, 0.15) is 0 Å². The topological polar surface area (TPSA) is 61.4 Å². The van der Waals surface area contributed by atoms with E-state index in [2.05, 4.69) is 28.8 Å². The minimum atomic E-state index is -3.36. The second-order valence-corrected chi connectivity index (χ2v) is 6.65. The molecule has 0 spiro atoms. The summed E-state index contributed by atoms with van der Waals surface area (Å²) in [5.74, 6) is 0. The maximum Gasteiger partial charge on any atom is 0.240 e. The van der Waals surface area contributed by atoms with Crippen molar-refractivity contribution >= 4 is 15.7 Å². The van der Waals surface area contributed by atoms with Gasteiger partial charge in [0.25, 0.3) is 0 Å². The van der Waals surface area contributed by atoms with E-state index in [-0.39, 0.29) is 0 Å². The van der Waals surface area contributed by atoms with E-state index in [0.29, 0.717) is 11.4 Å². The van der Waals surface area contributed by atoms with Crippen LogP contribution in [0, 0.1) is 0 Å². The van der Waals surface area contributed by atoms with E-state index in [9.17, 15) is 8.42 Å². The van der Waals surface area contributed by atoms with Gasteiger partial charge in [-0.1, -0.05) is 20.8 Å². The van der Waals surface area contributed by atoms with Gasteiger partial charge in [0.2, 0.25) is 10.0 Å². The highest BCUT2D eigenvalue weighted by molar-refractivity contribution is 7.89. The Morgan fingerprint density at radius 3 is 2.24 bits per heavy atom. The molecule has 1 aromatic rings. The number of likely N-dealkylation sites (N-methyl/N-ethyl adjacent to an activating group) is 1. The molecule has 0 amide bonds. The van der Waals surface area contributed by atoms with Crippen molar-refractivity contribution in [3.05, 3.63) is 24.3 Å². The molecule has 0 aliphatic rings. The van der Waals surface area contributed by atoms with Crippen molar-refractivity contribution in [1.29, 1.82) is 0 Å². The molecule has 0 radical (unpaired) electrons. The Morgan fingerprint density at radius 1 is 1.05 bits per heavy atom. The van der Waals surface area contributed by atoms with Crippen LogP contribution in [-0.4, -0.2) is 46.0 Å². The molecule has 1 aromatic carbocycles. The molecule has 0 saturated carbocycles. The van der Waals surface area contributed by atoms with Crippen LogP contribution in [0.5, 0.6) is 0 Å². The number of nitrogens with one attached hydrogen (secondary N) is 2. The fourth-order valence-electron chi connectivity index (χ4n) is 2.13. The Labute approximate surface area is 128 Å². The van der Waals surface area contributed by atoms with Crippen LogP contribution in [0.25, 0.3) is 0 Å². The van der Waals surface area contributed by atoms with Crippen molar-refractivity contribution in [3.8, 4) is 0 Å². The molecule has 0 heterocycles. The average molecular weight is 313 g/mol. The van der Waals surface area contributed by atoms with Gasteiger partial charge in [-0.25, -0.2) is 13.1 Å². The smallest absolute Gasteiger partial charge is 0.240 e. The summed E-state index contributed by atoms with van der Waals surface area (Å²) in [7, 11) is -3.36. The summed E-state index contributed by atoms with van der Waals surface area (Å²) < 4.78 is 26.1. The number of sulfonamides is 1. The van der Waals surface area contributed by atoms with E-state index in [4.69, 9.17) is 0 Å². The quantitative estimate of drug-likeness (QED) is 0.695. The van der Waals surface area contributed by atoms with Crippen molar-refractivity contribution in [1.82, 2.24) is 9.62 Å². The van der Waals surface area contributed by atoms with Crippen LogP contribution in [0.15, 0.2) is 29.2 Å². The van der Waals surface area contributed by atoms with Crippen molar-refractivity contribution in [3.63, 3.8) is 0 Å². The number of nitrogens with zero attached hydrogens (tertiary/aromatic N) is 1. The molecule has 0 bridgehead atoms. The minimum Gasteiger partial charge on any atom is -0.384 e. The van der Waals surface area contributed by atoms with E-state index in [0.717, 1.165) is 38.3 Å². The summed E-state index contributed by atoms with van der Waals surface area (Å²) >= 11 is 0. The highest BCUT2D eigenvalue weighted by atomic mass is 32.2. The summed E-state index contributed by atoms with van der Waals surface area (Å²) in [6.45, 7) is 10.5. The normalized spacial score (nSPS) is 11.8. The van der Waals surface area contributed by atoms with E-state index in [1.165, 1.54) is 0 Å². The first kappa shape index (κ1) is 17.9. The molecule has 0 saturated heterocycles. The maximum atomic E-state index is 11.8. The van der Waals surface area contributed by atoms with Gasteiger partial charge >= 0.3 is 0 Å². The fraction of sp³-hybridized carbons (Fsp3) is 0.600. The summed E-state index contributed by atoms with van der Waals surface area (Å²) in [6.07, 6.45) is 1.16. The number of benzene rings is 1. The lowest BCUT2D eigenvalue weighted by Gasteiger charge is -2.19. The zero-order valence-electron chi connectivity index (χ0n) is 13.2. The zero-order valence-corrected chi connectivity index (χ0v) is 14.0. The number of rotatable bonds is 10. The van der Waals surface area contributed by atoms with Crippen molar-refractivity contribution in [2.45, 2.75) is 32.1 Å². The number of hydrogen-bond donors (Lipinski definition) is 2. The summed E-state index contributed by atoms with van der Waals surface area (Å²) in [6, 6.07) is 6.87. The van der Waals surface area contributed by atoms with E-state index >= 15 is 0 Å². The Bertz CT molecular complexity index is 500. The van der Waals surface area contributed by atoms with Crippen molar-refractivity contribution in [2.24, 2.45) is 0 Å². The van der Waals surface area contributed by atoms with Crippen LogP contribution in [0.2, 0.25) is 0 Å². The van der Waals surface area contributed by atoms with E-state index in [1.54, 1.807) is 31.2 Å². The number of hydrogen-bond acceptors (Lipinski definition) is 4. The second-order valence-electron chi connectivity index (χ2n) is 4.89. The Kier molecular flexibility index (Phi) is 7.71. The van der Waals surface area contributed by atoms with Gasteiger partial charge in [-0.2, -0.15) is 0 Å². The molecular formula is C15H27N3O2S. The monoisotopic (exact) mass is 313 g/mol. The molecular weight excluding hydrogens is 286 g/mol. The van der Waals surface area contributed by atoms with Crippen LogP contribution in [0.1, 0.15) is 27.2 Å². The van der Waals surface area contributed by atoms with Gasteiger partial charge in [0.15, 0.2) is 0 Å². The molecule has 21 heavy (non-hydrogen) atoms. The summed E-state index contributed by atoms with van der Waals surface area (Å²) in [5, 5.41) is 3.32. The Hall–Kier alpha value is -1.11. The molecule has 1 rings (SSSR count). The maximum absolute atomic E-state index is 11.8. The average Bonchev–Trinajstić information content (AvgIpc) is 2.47. The molecule has 0 unspecified atom stereocenters. The lowest BCUT2D eigenvalue weighted by molar-refractivity contribution is 0.300. The molecule has 0 aromatic heterocycles. The molecule has 0 atom stereocenters. The van der Waals surface area contributed by atoms with Crippen LogP contribution in [-0.2, 0) is 10.0 Å². The zero-order chi connectivity index (χ0) is 15.7. The molecule has 120 valence electrons.